The average molecular weight is 341 g/mol. The van der Waals surface area contributed by atoms with Crippen LogP contribution in [0, 0.1) is 0 Å². The quantitative estimate of drug-likeness (QED) is 0.243. The van der Waals surface area contributed by atoms with Gasteiger partial charge in [0.2, 0.25) is 0 Å². The summed E-state index contributed by atoms with van der Waals surface area (Å²) < 4.78 is 15.5. The molecule has 2 fully saturated rings. The highest BCUT2D eigenvalue weighted by atomic mass is 16.7. The van der Waals surface area contributed by atoms with Crippen molar-refractivity contribution in [1.82, 2.24) is 0 Å². The van der Waals surface area contributed by atoms with Crippen LogP contribution in [0.15, 0.2) is 0 Å². The summed E-state index contributed by atoms with van der Waals surface area (Å²) in [5, 5.41) is 67.3. The third-order valence-corrected chi connectivity index (χ3v) is 4.06. The van der Waals surface area contributed by atoms with Crippen molar-refractivity contribution < 1.29 is 50.0 Å². The zero-order valence-corrected chi connectivity index (χ0v) is 12.1. The van der Waals surface area contributed by atoms with Gasteiger partial charge >= 0.3 is 0 Å². The van der Waals surface area contributed by atoms with Crippen molar-refractivity contribution in [2.75, 3.05) is 13.2 Å². The van der Waals surface area contributed by atoms with Gasteiger partial charge in [-0.3, -0.25) is 0 Å². The maximum absolute atomic E-state index is 10.1. The molecule has 23 heavy (non-hydrogen) atoms. The smallest absolute Gasteiger partial charge is 0.187 e. The molecule has 11 heteroatoms. The second-order valence-electron chi connectivity index (χ2n) is 5.61. The Morgan fingerprint density at radius 1 is 0.783 bits per heavy atom. The van der Waals surface area contributed by atoms with Gasteiger partial charge in [-0.25, -0.2) is 0 Å². The molecule has 0 saturated carbocycles. The second kappa shape index (κ2) is 7.63. The minimum atomic E-state index is -1.68. The van der Waals surface area contributed by atoms with E-state index in [2.05, 4.69) is 0 Å². The second-order valence-corrected chi connectivity index (χ2v) is 5.61. The van der Waals surface area contributed by atoms with Gasteiger partial charge in [0.05, 0.1) is 19.3 Å². The lowest BCUT2D eigenvalue weighted by Crippen LogP contribution is -2.66. The van der Waals surface area contributed by atoms with Gasteiger partial charge in [-0.15, -0.1) is 0 Å². The first-order valence-electron chi connectivity index (χ1n) is 7.15. The molecule has 0 amide bonds. The number of hydrogen-bond acceptors (Lipinski definition) is 11. The van der Waals surface area contributed by atoms with Crippen LogP contribution in [0.3, 0.4) is 0 Å². The van der Waals surface area contributed by atoms with Gasteiger partial charge in [0.1, 0.15) is 42.7 Å². The molecule has 0 aliphatic carbocycles. The normalized spacial score (nSPS) is 51.7. The van der Waals surface area contributed by atoms with E-state index in [4.69, 9.17) is 25.1 Å². The Balaban J connectivity index is 2.11. The summed E-state index contributed by atoms with van der Waals surface area (Å²) in [6.45, 7) is -1.26. The van der Waals surface area contributed by atoms with E-state index < -0.39 is 74.6 Å². The lowest BCUT2D eigenvalue weighted by Gasteiger charge is -2.45. The van der Waals surface area contributed by atoms with Gasteiger partial charge in [-0.2, -0.15) is 0 Å². The van der Waals surface area contributed by atoms with E-state index in [1.807, 2.05) is 0 Å². The molecule has 0 radical (unpaired) electrons. The summed E-state index contributed by atoms with van der Waals surface area (Å²) in [7, 11) is 0. The summed E-state index contributed by atoms with van der Waals surface area (Å²) in [6.07, 6.45) is -13.0. The van der Waals surface area contributed by atoms with Crippen molar-refractivity contribution in [3.63, 3.8) is 0 Å². The zero-order chi connectivity index (χ0) is 17.3. The molecule has 9 N–H and O–H groups in total. The largest absolute Gasteiger partial charge is 0.394 e. The first kappa shape index (κ1) is 18.9. The molecule has 0 bridgehead atoms. The standard InChI is InChI=1S/C12H23NO10/c13-5-7(17)10(4(2-15)21-11(5)20)23-12-9(19)8(18)6(16)3(1-14)22-12/h3-12,14-20H,1-2,13H2/t3-,4-,5-,6+,7-,8+,9-,10-,11+,12-/m1/s1. The highest BCUT2D eigenvalue weighted by Gasteiger charge is 2.49. The van der Waals surface area contributed by atoms with Crippen molar-refractivity contribution in [2.24, 2.45) is 5.73 Å². The Morgan fingerprint density at radius 2 is 1.39 bits per heavy atom. The number of hydrogen-bond donors (Lipinski definition) is 8. The molecule has 2 aliphatic rings. The summed E-state index contributed by atoms with van der Waals surface area (Å²) in [5.74, 6) is 0. The van der Waals surface area contributed by atoms with Crippen molar-refractivity contribution in [1.29, 1.82) is 0 Å². The number of nitrogens with two attached hydrogens (primary N) is 1. The molecule has 2 saturated heterocycles. The van der Waals surface area contributed by atoms with Gasteiger partial charge in [0.15, 0.2) is 12.6 Å². The van der Waals surface area contributed by atoms with E-state index in [1.54, 1.807) is 0 Å². The van der Waals surface area contributed by atoms with E-state index >= 15 is 0 Å². The van der Waals surface area contributed by atoms with E-state index in [0.717, 1.165) is 0 Å². The van der Waals surface area contributed by atoms with Gasteiger partial charge in [-0.05, 0) is 0 Å². The van der Waals surface area contributed by atoms with Crippen molar-refractivity contribution in [2.45, 2.75) is 61.3 Å². The van der Waals surface area contributed by atoms with E-state index in [-0.39, 0.29) is 0 Å². The molecule has 0 aromatic carbocycles. The van der Waals surface area contributed by atoms with Crippen LogP contribution in [0.5, 0.6) is 0 Å². The van der Waals surface area contributed by atoms with Crippen molar-refractivity contribution >= 4 is 0 Å². The minimum Gasteiger partial charge on any atom is -0.394 e. The Labute approximate surface area is 131 Å². The maximum Gasteiger partial charge on any atom is 0.187 e. The summed E-state index contributed by atoms with van der Waals surface area (Å²) in [4.78, 5) is 0. The molecule has 2 heterocycles. The molecule has 0 aromatic rings. The molecule has 11 nitrogen and oxygen atoms in total. The highest BCUT2D eigenvalue weighted by molar-refractivity contribution is 4.94. The molecular weight excluding hydrogens is 318 g/mol. The molecular formula is C12H23NO10. The van der Waals surface area contributed by atoms with Gasteiger partial charge in [-0.1, -0.05) is 0 Å². The number of aliphatic hydroxyl groups excluding tert-OH is 7. The van der Waals surface area contributed by atoms with Crippen LogP contribution in [0.4, 0.5) is 0 Å². The van der Waals surface area contributed by atoms with Crippen LogP contribution in [-0.2, 0) is 14.2 Å². The Bertz CT molecular complexity index is 383. The van der Waals surface area contributed by atoms with Gasteiger partial charge in [0.25, 0.3) is 0 Å². The zero-order valence-electron chi connectivity index (χ0n) is 12.1. The fourth-order valence-electron chi connectivity index (χ4n) is 2.60. The first-order valence-corrected chi connectivity index (χ1v) is 7.15. The molecule has 10 atom stereocenters. The van der Waals surface area contributed by atoms with Gasteiger partial charge in [0, 0.05) is 0 Å². The maximum atomic E-state index is 10.1. The SMILES string of the molecule is N[C@@H]1[C@@H](O)[C@H](O[C@H]2O[C@H](CO)[C@H](O)[C@H](O)[C@H]2O)[C@@H](CO)O[C@@H]1O. The topological polar surface area (TPSA) is 195 Å². The highest BCUT2D eigenvalue weighted by Crippen LogP contribution is 2.27. The minimum absolute atomic E-state index is 0.622. The van der Waals surface area contributed by atoms with Crippen molar-refractivity contribution in [3.05, 3.63) is 0 Å². The van der Waals surface area contributed by atoms with E-state index in [9.17, 15) is 30.6 Å². The number of rotatable bonds is 4. The number of ether oxygens (including phenoxy) is 3. The predicted molar refractivity (Wildman–Crippen MR) is 70.6 cm³/mol. The molecule has 0 unspecified atom stereocenters. The molecule has 2 rings (SSSR count). The molecule has 0 aromatic heterocycles. The van der Waals surface area contributed by atoms with Crippen LogP contribution in [0.2, 0.25) is 0 Å². The summed E-state index contributed by atoms with van der Waals surface area (Å²) in [5.41, 5.74) is 5.55. The fraction of sp³-hybridized carbons (Fsp3) is 1.00. The van der Waals surface area contributed by atoms with E-state index in [1.165, 1.54) is 0 Å². The Kier molecular flexibility index (Phi) is 6.27. The molecule has 2 aliphatic heterocycles. The van der Waals surface area contributed by atoms with Crippen LogP contribution in [-0.4, -0.2) is 110 Å². The lowest BCUT2D eigenvalue weighted by atomic mass is 9.96. The third kappa shape index (κ3) is 3.65. The lowest BCUT2D eigenvalue weighted by molar-refractivity contribution is -0.344. The fourth-order valence-corrected chi connectivity index (χ4v) is 2.60. The predicted octanol–water partition coefficient (Wildman–Crippen LogP) is -5.43. The van der Waals surface area contributed by atoms with Crippen LogP contribution in [0.25, 0.3) is 0 Å². The average Bonchev–Trinajstić information content (AvgIpc) is 2.55. The Hall–Kier alpha value is -0.440. The Morgan fingerprint density at radius 3 is 1.96 bits per heavy atom. The first-order chi connectivity index (χ1) is 10.8. The molecule has 136 valence electrons. The van der Waals surface area contributed by atoms with Crippen LogP contribution < -0.4 is 5.73 Å². The van der Waals surface area contributed by atoms with Gasteiger partial charge < -0.3 is 55.7 Å². The van der Waals surface area contributed by atoms with Crippen LogP contribution >= 0.6 is 0 Å². The number of aliphatic hydroxyl groups is 7. The van der Waals surface area contributed by atoms with Crippen LogP contribution in [0.1, 0.15) is 0 Å². The molecule has 0 spiro atoms. The summed E-state index contributed by atoms with van der Waals surface area (Å²) >= 11 is 0. The summed E-state index contributed by atoms with van der Waals surface area (Å²) in [6, 6.07) is -1.23. The van der Waals surface area contributed by atoms with Crippen molar-refractivity contribution in [3.8, 4) is 0 Å². The monoisotopic (exact) mass is 341 g/mol. The third-order valence-electron chi connectivity index (χ3n) is 4.06. The van der Waals surface area contributed by atoms with E-state index in [0.29, 0.717) is 0 Å².